The van der Waals surface area contributed by atoms with Gasteiger partial charge in [-0.2, -0.15) is 0 Å². The van der Waals surface area contributed by atoms with E-state index < -0.39 is 0 Å². The Balaban J connectivity index is 1.60. The van der Waals surface area contributed by atoms with Crippen molar-refractivity contribution in [1.29, 1.82) is 0 Å². The number of imidazole rings is 1. The van der Waals surface area contributed by atoms with Gasteiger partial charge in [-0.1, -0.05) is 23.1 Å². The molecule has 3 rings (SSSR count). The van der Waals surface area contributed by atoms with E-state index >= 15 is 0 Å². The first-order chi connectivity index (χ1) is 11.1. The highest BCUT2D eigenvalue weighted by Crippen LogP contribution is 2.23. The monoisotopic (exact) mass is 349 g/mol. The molecule has 23 heavy (non-hydrogen) atoms. The lowest BCUT2D eigenvalue weighted by atomic mass is 10.3. The fourth-order valence-electron chi connectivity index (χ4n) is 1.74. The summed E-state index contributed by atoms with van der Waals surface area (Å²) in [5.74, 6) is -0.123. The minimum absolute atomic E-state index is 0.268. The Kier molecular flexibility index (Phi) is 4.68. The number of nitrogens with one attached hydrogen (secondary N) is 1. The van der Waals surface area contributed by atoms with Crippen LogP contribution < -0.4 is 5.32 Å². The average Bonchev–Trinajstić information content (AvgIpc) is 3.16. The van der Waals surface area contributed by atoms with Crippen LogP contribution in [0.15, 0.2) is 41.8 Å². The summed E-state index contributed by atoms with van der Waals surface area (Å²) in [6, 6.07) is 5.55. The summed E-state index contributed by atoms with van der Waals surface area (Å²) in [7, 11) is 1.91. The van der Waals surface area contributed by atoms with Crippen LogP contribution in [0.2, 0.25) is 0 Å². The van der Waals surface area contributed by atoms with Gasteiger partial charge in [-0.05, 0) is 24.3 Å². The number of nitrogens with zero attached hydrogens (tertiary/aromatic N) is 4. The summed E-state index contributed by atoms with van der Waals surface area (Å²) in [4.78, 5) is 16.3. The molecule has 0 aliphatic carbocycles. The lowest BCUT2D eigenvalue weighted by Gasteiger charge is -2.01. The standard InChI is InChI=1S/C14H12FN5OS2/c1-20-7-6-16-14(20)22-8-11-18-19-13(23-11)12(21)17-10-4-2-9(15)3-5-10/h2-7H,8H2,1H3,(H,17,21). The number of carbonyl (C=O) groups excluding carboxylic acids is 1. The highest BCUT2D eigenvalue weighted by atomic mass is 32.2. The first-order valence-electron chi connectivity index (χ1n) is 6.61. The maximum absolute atomic E-state index is 12.8. The van der Waals surface area contributed by atoms with Gasteiger partial charge in [0.15, 0.2) is 5.16 Å². The minimum atomic E-state index is -0.359. The third-order valence-corrected chi connectivity index (χ3v) is 5.04. The molecule has 3 aromatic rings. The number of aryl methyl sites for hydroxylation is 1. The molecule has 0 aliphatic rings. The van der Waals surface area contributed by atoms with E-state index in [1.54, 1.807) is 6.20 Å². The highest BCUT2D eigenvalue weighted by Gasteiger charge is 2.14. The van der Waals surface area contributed by atoms with Crippen LogP contribution in [0.25, 0.3) is 0 Å². The van der Waals surface area contributed by atoms with E-state index in [2.05, 4.69) is 20.5 Å². The average molecular weight is 349 g/mol. The van der Waals surface area contributed by atoms with Gasteiger partial charge in [0.1, 0.15) is 10.8 Å². The lowest BCUT2D eigenvalue weighted by Crippen LogP contribution is -2.11. The van der Waals surface area contributed by atoms with Crippen molar-refractivity contribution in [2.24, 2.45) is 7.05 Å². The predicted octanol–water partition coefficient (Wildman–Crippen LogP) is 2.96. The normalized spacial score (nSPS) is 10.7. The molecule has 6 nitrogen and oxygen atoms in total. The van der Waals surface area contributed by atoms with Crippen molar-refractivity contribution in [3.05, 3.63) is 52.5 Å². The summed E-state index contributed by atoms with van der Waals surface area (Å²) in [5.41, 5.74) is 0.510. The quantitative estimate of drug-likeness (QED) is 0.717. The van der Waals surface area contributed by atoms with Crippen LogP contribution in [0.3, 0.4) is 0 Å². The molecule has 1 aromatic carbocycles. The molecule has 9 heteroatoms. The van der Waals surface area contributed by atoms with Crippen LogP contribution in [0.4, 0.5) is 10.1 Å². The predicted molar refractivity (Wildman–Crippen MR) is 87.0 cm³/mol. The molecular weight excluding hydrogens is 337 g/mol. The van der Waals surface area contributed by atoms with Crippen molar-refractivity contribution in [2.45, 2.75) is 10.9 Å². The van der Waals surface area contributed by atoms with Gasteiger partial charge in [0, 0.05) is 25.1 Å². The molecule has 0 spiro atoms. The molecule has 2 aromatic heterocycles. The summed E-state index contributed by atoms with van der Waals surface area (Å²) in [6.07, 6.45) is 3.59. The molecule has 0 saturated heterocycles. The maximum atomic E-state index is 12.8. The van der Waals surface area contributed by atoms with Crippen molar-refractivity contribution in [1.82, 2.24) is 19.7 Å². The number of anilines is 1. The first-order valence-corrected chi connectivity index (χ1v) is 8.41. The van der Waals surface area contributed by atoms with E-state index in [1.807, 2.05) is 17.8 Å². The van der Waals surface area contributed by atoms with Gasteiger partial charge < -0.3 is 9.88 Å². The second-order valence-corrected chi connectivity index (χ2v) is 6.58. The van der Waals surface area contributed by atoms with E-state index in [9.17, 15) is 9.18 Å². The molecule has 0 aliphatic heterocycles. The molecule has 118 valence electrons. The first kappa shape index (κ1) is 15.6. The van der Waals surface area contributed by atoms with Crippen molar-refractivity contribution < 1.29 is 9.18 Å². The van der Waals surface area contributed by atoms with Crippen LogP contribution in [0, 0.1) is 5.82 Å². The van der Waals surface area contributed by atoms with E-state index in [0.29, 0.717) is 11.4 Å². The SMILES string of the molecule is Cn1ccnc1SCc1nnc(C(=O)Nc2ccc(F)cc2)s1. The van der Waals surface area contributed by atoms with Crippen LogP contribution in [0.5, 0.6) is 0 Å². The Bertz CT molecular complexity index is 815. The number of thioether (sulfide) groups is 1. The summed E-state index contributed by atoms with van der Waals surface area (Å²) in [5, 5.41) is 12.4. The molecule has 0 unspecified atom stereocenters. The van der Waals surface area contributed by atoms with E-state index in [0.717, 1.165) is 10.2 Å². The molecule has 0 atom stereocenters. The molecule has 0 fully saturated rings. The third kappa shape index (κ3) is 3.93. The fraction of sp³-hybridized carbons (Fsp3) is 0.143. The number of hydrogen-bond donors (Lipinski definition) is 1. The van der Waals surface area contributed by atoms with Gasteiger partial charge in [0.05, 0.1) is 5.75 Å². The zero-order chi connectivity index (χ0) is 16.2. The number of aromatic nitrogens is 4. The summed E-state index contributed by atoms with van der Waals surface area (Å²) < 4.78 is 14.7. The Labute approximate surface area is 139 Å². The van der Waals surface area contributed by atoms with E-state index in [1.165, 1.54) is 47.4 Å². The summed E-state index contributed by atoms with van der Waals surface area (Å²) in [6.45, 7) is 0. The van der Waals surface area contributed by atoms with Crippen LogP contribution in [-0.4, -0.2) is 25.7 Å². The van der Waals surface area contributed by atoms with Crippen molar-refractivity contribution in [2.75, 3.05) is 5.32 Å². The van der Waals surface area contributed by atoms with E-state index in [-0.39, 0.29) is 16.7 Å². The Morgan fingerprint density at radius 1 is 1.35 bits per heavy atom. The Morgan fingerprint density at radius 2 is 2.13 bits per heavy atom. The minimum Gasteiger partial charge on any atom is -0.329 e. The fourth-order valence-corrected chi connectivity index (χ4v) is 3.39. The Hall–Kier alpha value is -2.26. The molecule has 0 saturated carbocycles. The van der Waals surface area contributed by atoms with Crippen LogP contribution >= 0.6 is 23.1 Å². The number of halogens is 1. The van der Waals surface area contributed by atoms with Gasteiger partial charge in [0.25, 0.3) is 5.91 Å². The molecule has 1 N–H and O–H groups in total. The highest BCUT2D eigenvalue weighted by molar-refractivity contribution is 7.98. The third-order valence-electron chi connectivity index (χ3n) is 2.86. The number of carbonyl (C=O) groups is 1. The topological polar surface area (TPSA) is 72.7 Å². The molecule has 2 heterocycles. The second kappa shape index (κ2) is 6.88. The van der Waals surface area contributed by atoms with Gasteiger partial charge in [0.2, 0.25) is 5.01 Å². The smallest absolute Gasteiger partial charge is 0.286 e. The van der Waals surface area contributed by atoms with Crippen molar-refractivity contribution in [3.8, 4) is 0 Å². The number of benzene rings is 1. The number of hydrogen-bond acceptors (Lipinski definition) is 6. The summed E-state index contributed by atoms with van der Waals surface area (Å²) >= 11 is 2.75. The molecule has 0 bridgehead atoms. The van der Waals surface area contributed by atoms with Gasteiger partial charge >= 0.3 is 0 Å². The van der Waals surface area contributed by atoms with Crippen molar-refractivity contribution >= 4 is 34.7 Å². The second-order valence-electron chi connectivity index (χ2n) is 4.57. The van der Waals surface area contributed by atoms with Gasteiger partial charge in [-0.25, -0.2) is 9.37 Å². The molecule has 0 radical (unpaired) electrons. The van der Waals surface area contributed by atoms with Gasteiger partial charge in [-0.3, -0.25) is 4.79 Å². The number of amides is 1. The Morgan fingerprint density at radius 3 is 2.83 bits per heavy atom. The van der Waals surface area contributed by atoms with Gasteiger partial charge in [-0.15, -0.1) is 10.2 Å². The zero-order valence-electron chi connectivity index (χ0n) is 12.1. The lowest BCUT2D eigenvalue weighted by molar-refractivity contribution is 0.102. The maximum Gasteiger partial charge on any atom is 0.286 e. The zero-order valence-corrected chi connectivity index (χ0v) is 13.7. The van der Waals surface area contributed by atoms with Crippen LogP contribution in [-0.2, 0) is 12.8 Å². The molecule has 1 amide bonds. The number of rotatable bonds is 5. The van der Waals surface area contributed by atoms with Crippen LogP contribution in [0.1, 0.15) is 14.8 Å². The van der Waals surface area contributed by atoms with E-state index in [4.69, 9.17) is 0 Å². The molecular formula is C14H12FN5OS2. The van der Waals surface area contributed by atoms with Crippen molar-refractivity contribution in [3.63, 3.8) is 0 Å². The largest absolute Gasteiger partial charge is 0.329 e.